The van der Waals surface area contributed by atoms with Crippen molar-refractivity contribution >= 4 is 27.0 Å². The molecule has 5 heteroatoms. The maximum atomic E-state index is 13.1. The van der Waals surface area contributed by atoms with Crippen LogP contribution in [0.15, 0.2) is 16.6 Å². The Morgan fingerprint density at radius 3 is 2.79 bits per heavy atom. The van der Waals surface area contributed by atoms with E-state index in [1.807, 2.05) is 13.8 Å². The van der Waals surface area contributed by atoms with E-state index >= 15 is 0 Å². The Bertz CT molecular complexity index is 478. The molecule has 0 saturated carbocycles. The lowest BCUT2D eigenvalue weighted by molar-refractivity contribution is 0.529. The summed E-state index contributed by atoms with van der Waals surface area (Å²) in [7, 11) is 0. The molecule has 74 valence electrons. The number of rotatable bonds is 1. The fourth-order valence-electron chi connectivity index (χ4n) is 1.35. The van der Waals surface area contributed by atoms with Crippen molar-refractivity contribution in [1.82, 2.24) is 15.0 Å². The Hall–Kier alpha value is -0.970. The molecule has 3 nitrogen and oxygen atoms in total. The van der Waals surface area contributed by atoms with E-state index < -0.39 is 0 Å². The van der Waals surface area contributed by atoms with Crippen LogP contribution in [0.2, 0.25) is 0 Å². The number of aromatic nitrogens is 3. The van der Waals surface area contributed by atoms with Crippen LogP contribution >= 0.6 is 15.9 Å². The van der Waals surface area contributed by atoms with Crippen molar-refractivity contribution in [2.75, 3.05) is 0 Å². The maximum absolute atomic E-state index is 13.1. The van der Waals surface area contributed by atoms with Crippen molar-refractivity contribution in [1.29, 1.82) is 0 Å². The van der Waals surface area contributed by atoms with Crippen LogP contribution in [-0.4, -0.2) is 15.0 Å². The topological polar surface area (TPSA) is 30.7 Å². The fraction of sp³-hybridized carbons (Fsp3) is 0.333. The average molecular weight is 258 g/mol. The third kappa shape index (κ3) is 1.41. The summed E-state index contributed by atoms with van der Waals surface area (Å²) in [5.74, 6) is -0.284. The molecule has 0 saturated heterocycles. The van der Waals surface area contributed by atoms with Gasteiger partial charge in [-0.15, -0.1) is 5.10 Å². The first-order valence-corrected chi connectivity index (χ1v) is 5.09. The number of hydrogen-bond acceptors (Lipinski definition) is 2. The summed E-state index contributed by atoms with van der Waals surface area (Å²) in [6.07, 6.45) is 0. The zero-order valence-electron chi connectivity index (χ0n) is 7.83. The average Bonchev–Trinajstić information content (AvgIpc) is 2.47. The summed E-state index contributed by atoms with van der Waals surface area (Å²) in [5.41, 5.74) is 1.41. The molecule has 1 aromatic carbocycles. The summed E-state index contributed by atoms with van der Waals surface area (Å²) in [6, 6.07) is 3.01. The molecule has 1 heterocycles. The van der Waals surface area contributed by atoms with Crippen molar-refractivity contribution in [3.05, 3.63) is 22.4 Å². The van der Waals surface area contributed by atoms with Gasteiger partial charge in [0, 0.05) is 12.1 Å². The second-order valence-corrected chi connectivity index (χ2v) is 4.24. The minimum atomic E-state index is -0.284. The van der Waals surface area contributed by atoms with Gasteiger partial charge in [0.25, 0.3) is 0 Å². The standard InChI is InChI=1S/C9H9BrFN3/c1-5(2)14-8-4-6(11)3-7(10)9(8)12-13-14/h3-5H,1-2H3. The first-order valence-electron chi connectivity index (χ1n) is 4.29. The molecule has 2 rings (SSSR count). The Balaban J connectivity index is 2.78. The maximum Gasteiger partial charge on any atom is 0.127 e. The van der Waals surface area contributed by atoms with Crippen LogP contribution in [0.5, 0.6) is 0 Å². The molecule has 0 unspecified atom stereocenters. The Labute approximate surface area is 89.0 Å². The molecule has 0 aliphatic carbocycles. The highest BCUT2D eigenvalue weighted by Crippen LogP contribution is 2.24. The molecule has 0 spiro atoms. The van der Waals surface area contributed by atoms with E-state index in [4.69, 9.17) is 0 Å². The van der Waals surface area contributed by atoms with Crippen LogP contribution in [0.25, 0.3) is 11.0 Å². The molecule has 1 aromatic heterocycles. The van der Waals surface area contributed by atoms with E-state index in [1.165, 1.54) is 12.1 Å². The van der Waals surface area contributed by atoms with Crippen LogP contribution in [0, 0.1) is 5.82 Å². The summed E-state index contributed by atoms with van der Waals surface area (Å²) >= 11 is 3.25. The van der Waals surface area contributed by atoms with Gasteiger partial charge in [0.15, 0.2) is 0 Å². The minimum absolute atomic E-state index is 0.175. The monoisotopic (exact) mass is 257 g/mol. The predicted octanol–water partition coefficient (Wildman–Crippen LogP) is 2.91. The molecule has 0 bridgehead atoms. The molecule has 0 aliphatic rings. The van der Waals surface area contributed by atoms with Crippen molar-refractivity contribution in [3.63, 3.8) is 0 Å². The summed E-state index contributed by atoms with van der Waals surface area (Å²) in [6.45, 7) is 3.96. The van der Waals surface area contributed by atoms with Gasteiger partial charge in [-0.25, -0.2) is 9.07 Å². The van der Waals surface area contributed by atoms with Gasteiger partial charge in [-0.2, -0.15) is 0 Å². The molecule has 0 atom stereocenters. The summed E-state index contributed by atoms with van der Waals surface area (Å²) in [5, 5.41) is 7.95. The summed E-state index contributed by atoms with van der Waals surface area (Å²) < 4.78 is 15.5. The van der Waals surface area contributed by atoms with Crippen molar-refractivity contribution in [2.24, 2.45) is 0 Å². The van der Waals surface area contributed by atoms with Crippen LogP contribution in [0.4, 0.5) is 4.39 Å². The molecule has 2 aromatic rings. The number of fused-ring (bicyclic) bond motifs is 1. The molecule has 0 N–H and O–H groups in total. The van der Waals surface area contributed by atoms with Crippen LogP contribution in [0.1, 0.15) is 19.9 Å². The SMILES string of the molecule is CC(C)n1nnc2c(Br)cc(F)cc21. The molecule has 0 amide bonds. The number of nitrogens with zero attached hydrogens (tertiary/aromatic N) is 3. The molecular formula is C9H9BrFN3. The van der Waals surface area contributed by atoms with E-state index in [-0.39, 0.29) is 11.9 Å². The third-order valence-electron chi connectivity index (χ3n) is 1.99. The fourth-order valence-corrected chi connectivity index (χ4v) is 1.85. The smallest absolute Gasteiger partial charge is 0.127 e. The lowest BCUT2D eigenvalue weighted by Gasteiger charge is -2.05. The second kappa shape index (κ2) is 3.31. The van der Waals surface area contributed by atoms with Crippen LogP contribution < -0.4 is 0 Å². The van der Waals surface area contributed by atoms with Crippen LogP contribution in [-0.2, 0) is 0 Å². The van der Waals surface area contributed by atoms with Gasteiger partial charge in [0.05, 0.1) is 9.99 Å². The molecule has 0 aliphatic heterocycles. The third-order valence-corrected chi connectivity index (χ3v) is 2.59. The van der Waals surface area contributed by atoms with Crippen molar-refractivity contribution in [2.45, 2.75) is 19.9 Å². The second-order valence-electron chi connectivity index (χ2n) is 3.38. The molecule has 14 heavy (non-hydrogen) atoms. The van der Waals surface area contributed by atoms with E-state index in [9.17, 15) is 4.39 Å². The Morgan fingerprint density at radius 2 is 2.14 bits per heavy atom. The van der Waals surface area contributed by atoms with Gasteiger partial charge in [-0.1, -0.05) is 5.21 Å². The number of benzene rings is 1. The van der Waals surface area contributed by atoms with E-state index in [2.05, 4.69) is 26.2 Å². The zero-order valence-corrected chi connectivity index (χ0v) is 9.42. The van der Waals surface area contributed by atoms with E-state index in [1.54, 1.807) is 4.68 Å². The molecular weight excluding hydrogens is 249 g/mol. The Morgan fingerprint density at radius 1 is 1.43 bits per heavy atom. The first kappa shape index (κ1) is 9.58. The van der Waals surface area contributed by atoms with Crippen LogP contribution in [0.3, 0.4) is 0 Å². The lowest BCUT2D eigenvalue weighted by atomic mass is 10.3. The number of halogens is 2. The van der Waals surface area contributed by atoms with Gasteiger partial charge in [0.1, 0.15) is 11.3 Å². The van der Waals surface area contributed by atoms with Gasteiger partial charge < -0.3 is 0 Å². The highest BCUT2D eigenvalue weighted by atomic mass is 79.9. The lowest BCUT2D eigenvalue weighted by Crippen LogP contribution is -2.02. The predicted molar refractivity (Wildman–Crippen MR) is 55.6 cm³/mol. The number of hydrogen-bond donors (Lipinski definition) is 0. The quantitative estimate of drug-likeness (QED) is 0.787. The van der Waals surface area contributed by atoms with Gasteiger partial charge in [-0.05, 0) is 35.8 Å². The van der Waals surface area contributed by atoms with Crippen molar-refractivity contribution < 1.29 is 4.39 Å². The first-order chi connectivity index (χ1) is 6.59. The van der Waals surface area contributed by atoms with Gasteiger partial charge in [0.2, 0.25) is 0 Å². The zero-order chi connectivity index (χ0) is 10.3. The van der Waals surface area contributed by atoms with E-state index in [0.29, 0.717) is 15.5 Å². The van der Waals surface area contributed by atoms with Crippen molar-refractivity contribution in [3.8, 4) is 0 Å². The summed E-state index contributed by atoms with van der Waals surface area (Å²) in [4.78, 5) is 0. The van der Waals surface area contributed by atoms with Gasteiger partial charge in [-0.3, -0.25) is 0 Å². The van der Waals surface area contributed by atoms with E-state index in [0.717, 1.165) is 0 Å². The largest absolute Gasteiger partial charge is 0.242 e. The molecule has 0 radical (unpaired) electrons. The highest BCUT2D eigenvalue weighted by Gasteiger charge is 2.11. The minimum Gasteiger partial charge on any atom is -0.242 e. The molecule has 0 fully saturated rings. The normalized spacial score (nSPS) is 11.5. The highest BCUT2D eigenvalue weighted by molar-refractivity contribution is 9.10. The van der Waals surface area contributed by atoms with Gasteiger partial charge >= 0.3 is 0 Å². The Kier molecular flexibility index (Phi) is 2.26.